The number of thiazole rings is 1. The van der Waals surface area contributed by atoms with E-state index in [1.54, 1.807) is 11.3 Å². The van der Waals surface area contributed by atoms with Crippen molar-refractivity contribution in [1.82, 2.24) is 4.98 Å². The van der Waals surface area contributed by atoms with Crippen molar-refractivity contribution >= 4 is 22.2 Å². The standard InChI is InChI=1S/C12H21N3OS/c1-8(2)7-10-12(17-9(3)14-10)15-11(16)5-4-6-13/h8H,4-7,13H2,1-3H3,(H,15,16). The summed E-state index contributed by atoms with van der Waals surface area (Å²) < 4.78 is 0. The number of rotatable bonds is 6. The molecule has 1 aromatic rings. The quantitative estimate of drug-likeness (QED) is 0.819. The average Bonchev–Trinajstić information content (AvgIpc) is 2.55. The minimum absolute atomic E-state index is 0.0316. The smallest absolute Gasteiger partial charge is 0.225 e. The number of anilines is 1. The van der Waals surface area contributed by atoms with Crippen LogP contribution in [0.3, 0.4) is 0 Å². The van der Waals surface area contributed by atoms with Gasteiger partial charge in [0.15, 0.2) is 0 Å². The highest BCUT2D eigenvalue weighted by Crippen LogP contribution is 2.26. The van der Waals surface area contributed by atoms with Crippen LogP contribution in [0, 0.1) is 12.8 Å². The Kier molecular flexibility index (Phi) is 5.58. The second-order valence-electron chi connectivity index (χ2n) is 4.55. The van der Waals surface area contributed by atoms with Crippen molar-refractivity contribution in [3.05, 3.63) is 10.7 Å². The van der Waals surface area contributed by atoms with Gasteiger partial charge in [0.25, 0.3) is 0 Å². The molecule has 0 aromatic carbocycles. The van der Waals surface area contributed by atoms with Gasteiger partial charge in [0.1, 0.15) is 5.00 Å². The second kappa shape index (κ2) is 6.71. The molecule has 1 rings (SSSR count). The van der Waals surface area contributed by atoms with E-state index in [1.807, 2.05) is 6.92 Å². The average molecular weight is 255 g/mol. The van der Waals surface area contributed by atoms with Crippen LogP contribution in [-0.2, 0) is 11.2 Å². The molecule has 1 amide bonds. The van der Waals surface area contributed by atoms with E-state index < -0.39 is 0 Å². The molecule has 0 saturated heterocycles. The molecule has 0 aliphatic heterocycles. The highest BCUT2D eigenvalue weighted by atomic mass is 32.1. The molecular weight excluding hydrogens is 234 g/mol. The Morgan fingerprint density at radius 3 is 2.82 bits per heavy atom. The summed E-state index contributed by atoms with van der Waals surface area (Å²) in [5, 5.41) is 4.83. The Bertz CT molecular complexity index is 374. The summed E-state index contributed by atoms with van der Waals surface area (Å²) in [6, 6.07) is 0. The topological polar surface area (TPSA) is 68.0 Å². The van der Waals surface area contributed by atoms with Gasteiger partial charge < -0.3 is 11.1 Å². The molecule has 0 aliphatic carbocycles. The number of nitrogens with one attached hydrogen (secondary N) is 1. The molecule has 1 aromatic heterocycles. The summed E-state index contributed by atoms with van der Waals surface area (Å²) in [7, 11) is 0. The first-order valence-electron chi connectivity index (χ1n) is 5.99. The first kappa shape index (κ1) is 14.1. The highest BCUT2D eigenvalue weighted by Gasteiger charge is 2.12. The van der Waals surface area contributed by atoms with Crippen molar-refractivity contribution in [2.24, 2.45) is 11.7 Å². The van der Waals surface area contributed by atoms with Crippen molar-refractivity contribution in [3.8, 4) is 0 Å². The third-order valence-electron chi connectivity index (χ3n) is 2.27. The van der Waals surface area contributed by atoms with Gasteiger partial charge in [-0.2, -0.15) is 0 Å². The number of amides is 1. The third-order valence-corrected chi connectivity index (χ3v) is 3.20. The van der Waals surface area contributed by atoms with E-state index in [0.717, 1.165) is 28.5 Å². The van der Waals surface area contributed by atoms with Gasteiger partial charge in [-0.15, -0.1) is 11.3 Å². The van der Waals surface area contributed by atoms with Gasteiger partial charge in [-0.05, 0) is 32.2 Å². The van der Waals surface area contributed by atoms with Gasteiger partial charge in [0, 0.05) is 6.42 Å². The summed E-state index contributed by atoms with van der Waals surface area (Å²) in [4.78, 5) is 16.1. The van der Waals surface area contributed by atoms with E-state index >= 15 is 0 Å². The third kappa shape index (κ3) is 4.83. The van der Waals surface area contributed by atoms with Gasteiger partial charge in [0.05, 0.1) is 10.7 Å². The number of nitrogens with two attached hydrogens (primary N) is 1. The fourth-order valence-corrected chi connectivity index (χ4v) is 2.41. The molecule has 0 spiro atoms. The van der Waals surface area contributed by atoms with Crippen molar-refractivity contribution < 1.29 is 4.79 Å². The molecule has 0 bridgehead atoms. The molecule has 0 unspecified atom stereocenters. The van der Waals surface area contributed by atoms with Gasteiger partial charge in [0.2, 0.25) is 5.91 Å². The molecule has 4 nitrogen and oxygen atoms in total. The summed E-state index contributed by atoms with van der Waals surface area (Å²) in [5.41, 5.74) is 6.38. The lowest BCUT2D eigenvalue weighted by Crippen LogP contribution is -2.14. The normalized spacial score (nSPS) is 10.9. The predicted molar refractivity (Wildman–Crippen MR) is 72.3 cm³/mol. The zero-order valence-corrected chi connectivity index (χ0v) is 11.6. The van der Waals surface area contributed by atoms with Crippen LogP contribution in [-0.4, -0.2) is 17.4 Å². The summed E-state index contributed by atoms with van der Waals surface area (Å²) in [6.45, 7) is 6.81. The minimum atomic E-state index is 0.0316. The molecule has 5 heteroatoms. The molecule has 0 aliphatic rings. The minimum Gasteiger partial charge on any atom is -0.330 e. The Morgan fingerprint density at radius 2 is 2.24 bits per heavy atom. The van der Waals surface area contributed by atoms with Crippen molar-refractivity contribution in [2.75, 3.05) is 11.9 Å². The van der Waals surface area contributed by atoms with Crippen LogP contribution in [0.2, 0.25) is 0 Å². The number of nitrogens with zero attached hydrogens (tertiary/aromatic N) is 1. The van der Waals surface area contributed by atoms with Crippen molar-refractivity contribution in [1.29, 1.82) is 0 Å². The molecule has 17 heavy (non-hydrogen) atoms. The van der Waals surface area contributed by atoms with E-state index in [2.05, 4.69) is 24.1 Å². The second-order valence-corrected chi connectivity index (χ2v) is 5.75. The van der Waals surface area contributed by atoms with E-state index in [0.29, 0.717) is 18.9 Å². The fraction of sp³-hybridized carbons (Fsp3) is 0.667. The first-order valence-corrected chi connectivity index (χ1v) is 6.80. The van der Waals surface area contributed by atoms with Crippen LogP contribution >= 0.6 is 11.3 Å². The van der Waals surface area contributed by atoms with E-state index in [4.69, 9.17) is 5.73 Å². The number of carbonyl (C=O) groups is 1. The maximum absolute atomic E-state index is 11.6. The van der Waals surface area contributed by atoms with Crippen LogP contribution in [0.5, 0.6) is 0 Å². The molecule has 0 fully saturated rings. The number of carbonyl (C=O) groups excluding carboxylic acids is 1. The number of aromatic nitrogens is 1. The zero-order valence-electron chi connectivity index (χ0n) is 10.7. The maximum atomic E-state index is 11.6. The van der Waals surface area contributed by atoms with E-state index in [1.165, 1.54) is 0 Å². The monoisotopic (exact) mass is 255 g/mol. The van der Waals surface area contributed by atoms with E-state index in [-0.39, 0.29) is 5.91 Å². The Balaban J connectivity index is 2.65. The van der Waals surface area contributed by atoms with Crippen LogP contribution < -0.4 is 11.1 Å². The largest absolute Gasteiger partial charge is 0.330 e. The van der Waals surface area contributed by atoms with E-state index in [9.17, 15) is 4.79 Å². The molecule has 1 heterocycles. The van der Waals surface area contributed by atoms with Gasteiger partial charge in [-0.3, -0.25) is 4.79 Å². The fourth-order valence-electron chi connectivity index (χ4n) is 1.54. The Hall–Kier alpha value is -0.940. The van der Waals surface area contributed by atoms with Crippen LogP contribution in [0.15, 0.2) is 0 Å². The van der Waals surface area contributed by atoms with Crippen LogP contribution in [0.1, 0.15) is 37.4 Å². The number of aryl methyl sites for hydroxylation is 1. The van der Waals surface area contributed by atoms with Crippen LogP contribution in [0.4, 0.5) is 5.00 Å². The maximum Gasteiger partial charge on any atom is 0.225 e. The number of hydrogen-bond acceptors (Lipinski definition) is 4. The lowest BCUT2D eigenvalue weighted by Gasteiger charge is -2.06. The van der Waals surface area contributed by atoms with Gasteiger partial charge in [-0.1, -0.05) is 13.8 Å². The SMILES string of the molecule is Cc1nc(CC(C)C)c(NC(=O)CCCN)s1. The molecule has 3 N–H and O–H groups in total. The number of hydrogen-bond donors (Lipinski definition) is 2. The van der Waals surface area contributed by atoms with Gasteiger partial charge >= 0.3 is 0 Å². The lowest BCUT2D eigenvalue weighted by molar-refractivity contribution is -0.116. The summed E-state index contributed by atoms with van der Waals surface area (Å²) in [5.74, 6) is 0.570. The zero-order chi connectivity index (χ0) is 12.8. The molecular formula is C12H21N3OS. The molecule has 0 atom stereocenters. The van der Waals surface area contributed by atoms with Crippen LogP contribution in [0.25, 0.3) is 0 Å². The lowest BCUT2D eigenvalue weighted by atomic mass is 10.1. The highest BCUT2D eigenvalue weighted by molar-refractivity contribution is 7.16. The summed E-state index contributed by atoms with van der Waals surface area (Å²) in [6.07, 6.45) is 2.11. The summed E-state index contributed by atoms with van der Waals surface area (Å²) >= 11 is 1.54. The first-order chi connectivity index (χ1) is 8.02. The van der Waals surface area contributed by atoms with Gasteiger partial charge in [-0.25, -0.2) is 4.98 Å². The molecule has 0 saturated carbocycles. The molecule has 0 radical (unpaired) electrons. The van der Waals surface area contributed by atoms with Crippen molar-refractivity contribution in [2.45, 2.75) is 40.0 Å². The van der Waals surface area contributed by atoms with Crippen molar-refractivity contribution in [3.63, 3.8) is 0 Å². The predicted octanol–water partition coefficient (Wildman–Crippen LogP) is 2.33. The Morgan fingerprint density at radius 1 is 1.53 bits per heavy atom. The Labute approximate surface area is 107 Å². The molecule has 96 valence electrons.